The molecule has 0 saturated carbocycles. The van der Waals surface area contributed by atoms with Gasteiger partial charge in [0.25, 0.3) is 11.8 Å². The van der Waals surface area contributed by atoms with E-state index in [4.69, 9.17) is 4.74 Å². The van der Waals surface area contributed by atoms with Gasteiger partial charge in [-0.15, -0.1) is 0 Å². The van der Waals surface area contributed by atoms with E-state index in [1.165, 1.54) is 0 Å². The lowest BCUT2D eigenvalue weighted by Crippen LogP contribution is -2.41. The highest BCUT2D eigenvalue weighted by atomic mass is 16.5. The van der Waals surface area contributed by atoms with Crippen LogP contribution >= 0.6 is 0 Å². The molecule has 3 rings (SSSR count). The Morgan fingerprint density at radius 2 is 2.00 bits per heavy atom. The van der Waals surface area contributed by atoms with Gasteiger partial charge in [0.05, 0.1) is 6.61 Å². The van der Waals surface area contributed by atoms with Crippen molar-refractivity contribution in [2.24, 2.45) is 0 Å². The highest BCUT2D eigenvalue weighted by Gasteiger charge is 2.20. The van der Waals surface area contributed by atoms with Crippen molar-refractivity contribution >= 4 is 23.2 Å². The normalized spacial score (nSPS) is 14.7. The Balaban J connectivity index is 1.69. The van der Waals surface area contributed by atoms with Gasteiger partial charge in [-0.1, -0.05) is 6.07 Å². The van der Waals surface area contributed by atoms with Crippen LogP contribution in [0.25, 0.3) is 0 Å². The topological polar surface area (TPSA) is 71.5 Å². The fraction of sp³-hybridized carbons (Fsp3) is 0.188. The molecule has 0 atom stereocenters. The molecule has 1 aliphatic rings. The summed E-state index contributed by atoms with van der Waals surface area (Å²) in [6.07, 6.45) is 1.57. The first-order valence-corrected chi connectivity index (χ1v) is 6.94. The summed E-state index contributed by atoms with van der Waals surface area (Å²) in [6.45, 7) is 1.18. The Kier molecular flexibility index (Phi) is 4.11. The molecule has 1 aromatic heterocycles. The minimum Gasteiger partial charge on any atom is -0.370 e. The van der Waals surface area contributed by atoms with Gasteiger partial charge in [0, 0.05) is 24.1 Å². The number of carbonyl (C=O) groups is 2. The Labute approximate surface area is 127 Å². The maximum atomic E-state index is 12.0. The van der Waals surface area contributed by atoms with Crippen LogP contribution < -0.4 is 10.2 Å². The van der Waals surface area contributed by atoms with Crippen molar-refractivity contribution in [1.29, 1.82) is 0 Å². The Hall–Kier alpha value is -2.73. The number of hydrogen-bond acceptors (Lipinski definition) is 4. The molecule has 22 heavy (non-hydrogen) atoms. The van der Waals surface area contributed by atoms with Gasteiger partial charge in [0.15, 0.2) is 0 Å². The van der Waals surface area contributed by atoms with Crippen LogP contribution in [-0.4, -0.2) is 36.6 Å². The first-order chi connectivity index (χ1) is 10.7. The van der Waals surface area contributed by atoms with E-state index in [2.05, 4.69) is 10.3 Å². The van der Waals surface area contributed by atoms with Crippen molar-refractivity contribution < 1.29 is 14.3 Å². The number of pyridine rings is 1. The van der Waals surface area contributed by atoms with Crippen LogP contribution in [0.4, 0.5) is 11.4 Å². The first kappa shape index (κ1) is 14.2. The number of carbonyl (C=O) groups excluding carboxylic acids is 2. The van der Waals surface area contributed by atoms with Gasteiger partial charge in [0.1, 0.15) is 12.3 Å². The molecule has 0 bridgehead atoms. The summed E-state index contributed by atoms with van der Waals surface area (Å²) < 4.78 is 5.10. The quantitative estimate of drug-likeness (QED) is 0.936. The van der Waals surface area contributed by atoms with E-state index in [1.807, 2.05) is 0 Å². The van der Waals surface area contributed by atoms with Crippen LogP contribution in [0.3, 0.4) is 0 Å². The van der Waals surface area contributed by atoms with E-state index < -0.39 is 0 Å². The third kappa shape index (κ3) is 3.12. The molecule has 2 aromatic rings. The van der Waals surface area contributed by atoms with Crippen LogP contribution in [0, 0.1) is 0 Å². The molecule has 0 aliphatic carbocycles. The number of aromatic nitrogens is 1. The Morgan fingerprint density at radius 3 is 2.68 bits per heavy atom. The molecule has 112 valence electrons. The zero-order valence-corrected chi connectivity index (χ0v) is 11.9. The molecular formula is C16H15N3O3. The molecule has 2 heterocycles. The summed E-state index contributed by atoms with van der Waals surface area (Å²) in [7, 11) is 0. The van der Waals surface area contributed by atoms with Gasteiger partial charge in [-0.3, -0.25) is 14.6 Å². The third-order valence-electron chi connectivity index (χ3n) is 3.32. The monoisotopic (exact) mass is 297 g/mol. The van der Waals surface area contributed by atoms with Gasteiger partial charge >= 0.3 is 0 Å². The number of hydrogen-bond donors (Lipinski definition) is 1. The molecule has 1 N–H and O–H groups in total. The fourth-order valence-corrected chi connectivity index (χ4v) is 2.21. The van der Waals surface area contributed by atoms with E-state index in [9.17, 15) is 9.59 Å². The number of nitrogens with zero attached hydrogens (tertiary/aromatic N) is 2. The summed E-state index contributed by atoms with van der Waals surface area (Å²) >= 11 is 0. The first-order valence-electron chi connectivity index (χ1n) is 6.94. The summed E-state index contributed by atoms with van der Waals surface area (Å²) in [5, 5.41) is 2.77. The molecule has 0 radical (unpaired) electrons. The summed E-state index contributed by atoms with van der Waals surface area (Å²) in [5.74, 6) is -0.327. The third-order valence-corrected chi connectivity index (χ3v) is 3.32. The van der Waals surface area contributed by atoms with E-state index in [0.717, 1.165) is 5.69 Å². The van der Waals surface area contributed by atoms with Crippen molar-refractivity contribution in [3.8, 4) is 0 Å². The molecule has 6 heteroatoms. The lowest BCUT2D eigenvalue weighted by atomic mass is 10.2. The van der Waals surface area contributed by atoms with Crippen LogP contribution in [0.15, 0.2) is 48.7 Å². The van der Waals surface area contributed by atoms with Crippen LogP contribution in [0.1, 0.15) is 10.5 Å². The van der Waals surface area contributed by atoms with Crippen molar-refractivity contribution in [3.05, 3.63) is 54.4 Å². The lowest BCUT2D eigenvalue weighted by molar-refractivity contribution is -0.125. The lowest BCUT2D eigenvalue weighted by Gasteiger charge is -2.26. The molecule has 0 unspecified atom stereocenters. The average Bonchev–Trinajstić information content (AvgIpc) is 2.57. The molecule has 0 spiro atoms. The van der Waals surface area contributed by atoms with Crippen molar-refractivity contribution in [1.82, 2.24) is 4.98 Å². The highest BCUT2D eigenvalue weighted by Crippen LogP contribution is 2.19. The minimum absolute atomic E-state index is 0.0588. The molecule has 6 nitrogen and oxygen atoms in total. The second kappa shape index (κ2) is 6.36. The van der Waals surface area contributed by atoms with Crippen molar-refractivity contribution in [2.75, 3.05) is 30.0 Å². The van der Waals surface area contributed by atoms with E-state index in [0.29, 0.717) is 24.5 Å². The van der Waals surface area contributed by atoms with Gasteiger partial charge < -0.3 is 15.0 Å². The number of benzene rings is 1. The molecule has 2 amide bonds. The standard InChI is InChI=1S/C16H15N3O3/c20-15-11-22-10-9-19(15)13-6-4-12(5-7-13)18-16(21)14-3-1-2-8-17-14/h1-8H,9-11H2,(H,18,21). The molecule has 1 fully saturated rings. The van der Waals surface area contributed by atoms with E-state index >= 15 is 0 Å². The number of anilines is 2. The SMILES string of the molecule is O=C(Nc1ccc(N2CCOCC2=O)cc1)c1ccccn1. The van der Waals surface area contributed by atoms with E-state index in [-0.39, 0.29) is 18.4 Å². The zero-order chi connectivity index (χ0) is 15.4. The van der Waals surface area contributed by atoms with Gasteiger partial charge in [-0.25, -0.2) is 0 Å². The number of ether oxygens (including phenoxy) is 1. The largest absolute Gasteiger partial charge is 0.370 e. The predicted molar refractivity (Wildman–Crippen MR) is 81.8 cm³/mol. The maximum Gasteiger partial charge on any atom is 0.274 e. The molecule has 1 aliphatic heterocycles. The van der Waals surface area contributed by atoms with Crippen LogP contribution in [0.2, 0.25) is 0 Å². The molecule has 1 aromatic carbocycles. The fourth-order valence-electron chi connectivity index (χ4n) is 2.21. The van der Waals surface area contributed by atoms with Crippen molar-refractivity contribution in [3.63, 3.8) is 0 Å². The zero-order valence-electron chi connectivity index (χ0n) is 11.9. The Morgan fingerprint density at radius 1 is 1.18 bits per heavy atom. The van der Waals surface area contributed by atoms with Crippen LogP contribution in [-0.2, 0) is 9.53 Å². The van der Waals surface area contributed by atoms with Crippen molar-refractivity contribution in [2.45, 2.75) is 0 Å². The molecular weight excluding hydrogens is 282 g/mol. The predicted octanol–water partition coefficient (Wildman–Crippen LogP) is 1.70. The second-order valence-corrected chi connectivity index (χ2v) is 4.81. The number of morpholine rings is 1. The average molecular weight is 297 g/mol. The smallest absolute Gasteiger partial charge is 0.274 e. The summed E-state index contributed by atoms with van der Waals surface area (Å²) in [5.41, 5.74) is 1.80. The van der Waals surface area contributed by atoms with Gasteiger partial charge in [-0.2, -0.15) is 0 Å². The van der Waals surface area contributed by atoms with E-state index in [1.54, 1.807) is 53.6 Å². The number of nitrogens with one attached hydrogen (secondary N) is 1. The summed E-state index contributed by atoms with van der Waals surface area (Å²) in [6, 6.07) is 12.3. The van der Waals surface area contributed by atoms with Gasteiger partial charge in [0.2, 0.25) is 0 Å². The Bertz CT molecular complexity index is 671. The van der Waals surface area contributed by atoms with Crippen LogP contribution in [0.5, 0.6) is 0 Å². The molecule has 1 saturated heterocycles. The maximum absolute atomic E-state index is 12.0. The second-order valence-electron chi connectivity index (χ2n) is 4.81. The number of amides is 2. The number of rotatable bonds is 3. The minimum atomic E-state index is -0.268. The summed E-state index contributed by atoms with van der Waals surface area (Å²) in [4.78, 5) is 29.4. The highest BCUT2D eigenvalue weighted by molar-refractivity contribution is 6.03. The van der Waals surface area contributed by atoms with Gasteiger partial charge in [-0.05, 0) is 36.4 Å².